The van der Waals surface area contributed by atoms with Crippen LogP contribution in [0.1, 0.15) is 39.0 Å². The summed E-state index contributed by atoms with van der Waals surface area (Å²) in [5.41, 5.74) is 0.985. The highest BCUT2D eigenvalue weighted by atomic mass is 16.6. The minimum absolute atomic E-state index is 0.0448. The molecular weight excluding hydrogens is 268 g/mol. The van der Waals surface area contributed by atoms with Gasteiger partial charge in [0.2, 0.25) is 0 Å². The first-order valence-electron chi connectivity index (χ1n) is 7.87. The molecule has 1 N–H and O–H groups in total. The third-order valence-electron chi connectivity index (χ3n) is 4.21. The van der Waals surface area contributed by atoms with Crippen molar-refractivity contribution in [2.45, 2.75) is 45.1 Å². The van der Waals surface area contributed by atoms with Crippen molar-refractivity contribution in [3.63, 3.8) is 0 Å². The van der Waals surface area contributed by atoms with Gasteiger partial charge in [0.15, 0.2) is 5.75 Å². The molecule has 114 valence electrons. The molecule has 0 radical (unpaired) electrons. The Morgan fingerprint density at radius 1 is 1.33 bits per heavy atom. The first-order chi connectivity index (χ1) is 10.2. The van der Waals surface area contributed by atoms with Gasteiger partial charge >= 0.3 is 5.69 Å². The van der Waals surface area contributed by atoms with Crippen LogP contribution in [-0.2, 0) is 0 Å². The molecule has 21 heavy (non-hydrogen) atoms. The van der Waals surface area contributed by atoms with Gasteiger partial charge in [0.25, 0.3) is 0 Å². The third-order valence-corrected chi connectivity index (χ3v) is 4.21. The summed E-state index contributed by atoms with van der Waals surface area (Å²) in [6.45, 7) is 2.49. The SMILES string of the molecule is CCCOc1cc(NC(C2CC2)C2CC2)ccc1[N+](=O)[O-]. The summed E-state index contributed by atoms with van der Waals surface area (Å²) in [5, 5.41) is 14.6. The average molecular weight is 290 g/mol. The van der Waals surface area contributed by atoms with Crippen LogP contribution in [-0.4, -0.2) is 17.6 Å². The van der Waals surface area contributed by atoms with Crippen molar-refractivity contribution in [2.75, 3.05) is 11.9 Å². The molecule has 0 aliphatic heterocycles. The highest BCUT2D eigenvalue weighted by molar-refractivity contribution is 5.58. The van der Waals surface area contributed by atoms with E-state index in [1.165, 1.54) is 25.7 Å². The summed E-state index contributed by atoms with van der Waals surface area (Å²) in [5.74, 6) is 1.94. The lowest BCUT2D eigenvalue weighted by Crippen LogP contribution is -2.24. The fourth-order valence-corrected chi connectivity index (χ4v) is 2.81. The number of anilines is 1. The van der Waals surface area contributed by atoms with Gasteiger partial charge in [0.1, 0.15) is 0 Å². The van der Waals surface area contributed by atoms with E-state index in [9.17, 15) is 10.1 Å². The van der Waals surface area contributed by atoms with Gasteiger partial charge in [-0.3, -0.25) is 10.1 Å². The van der Waals surface area contributed by atoms with Crippen molar-refractivity contribution >= 4 is 11.4 Å². The lowest BCUT2D eigenvalue weighted by molar-refractivity contribution is -0.385. The highest BCUT2D eigenvalue weighted by Crippen LogP contribution is 2.46. The largest absolute Gasteiger partial charge is 0.487 e. The first-order valence-corrected chi connectivity index (χ1v) is 7.87. The second-order valence-corrected chi connectivity index (χ2v) is 6.13. The molecule has 2 saturated carbocycles. The minimum Gasteiger partial charge on any atom is -0.487 e. The second kappa shape index (κ2) is 5.92. The molecule has 0 spiro atoms. The molecule has 3 rings (SSSR count). The van der Waals surface area contributed by atoms with Crippen molar-refractivity contribution < 1.29 is 9.66 Å². The van der Waals surface area contributed by atoms with Gasteiger partial charge < -0.3 is 10.1 Å². The van der Waals surface area contributed by atoms with Gasteiger partial charge in [-0.05, 0) is 50.0 Å². The fraction of sp³-hybridized carbons (Fsp3) is 0.625. The summed E-state index contributed by atoms with van der Waals surface area (Å²) in [6, 6.07) is 5.66. The van der Waals surface area contributed by atoms with Crippen molar-refractivity contribution in [1.82, 2.24) is 0 Å². The Morgan fingerprint density at radius 3 is 2.52 bits per heavy atom. The zero-order chi connectivity index (χ0) is 14.8. The summed E-state index contributed by atoms with van der Waals surface area (Å²) in [6.07, 6.45) is 6.06. The average Bonchev–Trinajstić information content (AvgIpc) is 3.35. The molecule has 0 aromatic heterocycles. The van der Waals surface area contributed by atoms with Crippen LogP contribution < -0.4 is 10.1 Å². The van der Waals surface area contributed by atoms with Crippen LogP contribution in [0.15, 0.2) is 18.2 Å². The van der Waals surface area contributed by atoms with E-state index in [1.54, 1.807) is 18.2 Å². The molecule has 2 aliphatic rings. The lowest BCUT2D eigenvalue weighted by atomic mass is 10.1. The highest BCUT2D eigenvalue weighted by Gasteiger charge is 2.41. The summed E-state index contributed by atoms with van der Waals surface area (Å²) >= 11 is 0. The summed E-state index contributed by atoms with van der Waals surface area (Å²) in [4.78, 5) is 10.7. The Hall–Kier alpha value is -1.78. The molecule has 0 heterocycles. The molecule has 2 aliphatic carbocycles. The van der Waals surface area contributed by atoms with E-state index in [1.807, 2.05) is 6.92 Å². The van der Waals surface area contributed by atoms with Crippen LogP contribution in [0.25, 0.3) is 0 Å². The van der Waals surface area contributed by atoms with E-state index >= 15 is 0 Å². The standard InChI is InChI=1S/C16H22N2O3/c1-2-9-21-15-10-13(7-8-14(15)18(19)20)17-16(11-3-4-11)12-5-6-12/h7-8,10-12,16-17H,2-6,9H2,1H3. The van der Waals surface area contributed by atoms with E-state index in [4.69, 9.17) is 4.74 Å². The fourth-order valence-electron chi connectivity index (χ4n) is 2.81. The van der Waals surface area contributed by atoms with Gasteiger partial charge in [-0.1, -0.05) is 6.92 Å². The van der Waals surface area contributed by atoms with E-state index in [0.717, 1.165) is 23.9 Å². The van der Waals surface area contributed by atoms with E-state index in [0.29, 0.717) is 18.4 Å². The van der Waals surface area contributed by atoms with Crippen molar-refractivity contribution in [1.29, 1.82) is 0 Å². The first kappa shape index (κ1) is 14.2. The number of rotatable bonds is 8. The topological polar surface area (TPSA) is 64.4 Å². The second-order valence-electron chi connectivity index (χ2n) is 6.13. The van der Waals surface area contributed by atoms with Crippen LogP contribution >= 0.6 is 0 Å². The molecule has 0 atom stereocenters. The van der Waals surface area contributed by atoms with Crippen molar-refractivity contribution in [3.8, 4) is 5.75 Å². The maximum atomic E-state index is 11.1. The molecule has 2 fully saturated rings. The predicted molar refractivity (Wildman–Crippen MR) is 81.7 cm³/mol. The number of hydrogen-bond acceptors (Lipinski definition) is 4. The van der Waals surface area contributed by atoms with Crippen LogP contribution in [0.3, 0.4) is 0 Å². The minimum atomic E-state index is -0.381. The van der Waals surface area contributed by atoms with Crippen LogP contribution in [0.4, 0.5) is 11.4 Å². The third kappa shape index (κ3) is 3.46. The zero-order valence-corrected chi connectivity index (χ0v) is 12.4. The van der Waals surface area contributed by atoms with Crippen LogP contribution in [0.5, 0.6) is 5.75 Å². The Balaban J connectivity index is 1.76. The van der Waals surface area contributed by atoms with Gasteiger partial charge in [-0.15, -0.1) is 0 Å². The van der Waals surface area contributed by atoms with Crippen LogP contribution in [0, 0.1) is 22.0 Å². The number of nitro groups is 1. The Labute approximate surface area is 124 Å². The summed E-state index contributed by atoms with van der Waals surface area (Å²) < 4.78 is 5.54. The molecule has 5 nitrogen and oxygen atoms in total. The molecule has 0 bridgehead atoms. The quantitative estimate of drug-likeness (QED) is 0.581. The smallest absolute Gasteiger partial charge is 0.311 e. The zero-order valence-electron chi connectivity index (χ0n) is 12.4. The Morgan fingerprint density at radius 2 is 2.00 bits per heavy atom. The van der Waals surface area contributed by atoms with Crippen LogP contribution in [0.2, 0.25) is 0 Å². The lowest BCUT2D eigenvalue weighted by Gasteiger charge is -2.19. The number of benzene rings is 1. The normalized spacial score (nSPS) is 17.8. The summed E-state index contributed by atoms with van der Waals surface area (Å²) in [7, 11) is 0. The van der Waals surface area contributed by atoms with Gasteiger partial charge in [0.05, 0.1) is 11.5 Å². The molecule has 0 saturated heterocycles. The monoisotopic (exact) mass is 290 g/mol. The number of nitro benzene ring substituents is 1. The van der Waals surface area contributed by atoms with E-state index < -0.39 is 0 Å². The van der Waals surface area contributed by atoms with Gasteiger partial charge in [0, 0.05) is 23.9 Å². The molecular formula is C16H22N2O3. The maximum absolute atomic E-state index is 11.1. The van der Waals surface area contributed by atoms with E-state index in [2.05, 4.69) is 5.32 Å². The molecule has 0 amide bonds. The van der Waals surface area contributed by atoms with Gasteiger partial charge in [-0.2, -0.15) is 0 Å². The maximum Gasteiger partial charge on any atom is 0.311 e. The molecule has 0 unspecified atom stereocenters. The number of nitrogens with one attached hydrogen (secondary N) is 1. The number of nitrogens with zero attached hydrogens (tertiary/aromatic N) is 1. The number of hydrogen-bond donors (Lipinski definition) is 1. The molecule has 1 aromatic carbocycles. The predicted octanol–water partition coefficient (Wildman–Crippen LogP) is 3.98. The van der Waals surface area contributed by atoms with E-state index in [-0.39, 0.29) is 10.6 Å². The Bertz CT molecular complexity index is 512. The molecule has 1 aromatic rings. The Kier molecular flexibility index (Phi) is 3.99. The van der Waals surface area contributed by atoms with Gasteiger partial charge in [-0.25, -0.2) is 0 Å². The van der Waals surface area contributed by atoms with Crippen molar-refractivity contribution in [3.05, 3.63) is 28.3 Å². The number of ether oxygens (including phenoxy) is 1. The van der Waals surface area contributed by atoms with Crippen molar-refractivity contribution in [2.24, 2.45) is 11.8 Å². The molecule has 5 heteroatoms.